The number of quaternary nitrogens is 2. The molecular weight excluding hydrogens is 398 g/mol. The first-order valence-electron chi connectivity index (χ1n) is 10.8. The number of benzene rings is 2. The van der Waals surface area contributed by atoms with Crippen molar-refractivity contribution >= 4 is 11.6 Å². The number of carbonyl (C=O) groups excluding carboxylic acids is 1. The van der Waals surface area contributed by atoms with Gasteiger partial charge in [0.1, 0.15) is 57.7 Å². The van der Waals surface area contributed by atoms with E-state index in [0.29, 0.717) is 19.1 Å². The molecule has 2 aliphatic rings. The molecule has 1 fully saturated rings. The highest BCUT2D eigenvalue weighted by Gasteiger charge is 2.26. The van der Waals surface area contributed by atoms with Crippen molar-refractivity contribution < 1.29 is 33.9 Å². The van der Waals surface area contributed by atoms with E-state index in [0.717, 1.165) is 49.9 Å². The second-order valence-electron chi connectivity index (χ2n) is 8.24. The minimum atomic E-state index is -0.513. The maximum atomic E-state index is 11.1. The Morgan fingerprint density at radius 3 is 2.52 bits per heavy atom. The van der Waals surface area contributed by atoms with Gasteiger partial charge in [-0.25, -0.2) is 0 Å². The van der Waals surface area contributed by atoms with E-state index >= 15 is 0 Å². The summed E-state index contributed by atoms with van der Waals surface area (Å²) >= 11 is 0. The van der Waals surface area contributed by atoms with Crippen molar-refractivity contribution in [3.8, 4) is 17.2 Å². The van der Waals surface area contributed by atoms with E-state index < -0.39 is 6.10 Å². The van der Waals surface area contributed by atoms with E-state index in [2.05, 4.69) is 17.4 Å². The van der Waals surface area contributed by atoms with E-state index in [4.69, 9.17) is 14.2 Å². The molecule has 0 aliphatic carbocycles. The number of carbonyl (C=O) groups is 1. The number of fused-ring (bicyclic) bond motifs is 1. The van der Waals surface area contributed by atoms with Gasteiger partial charge in [-0.1, -0.05) is 0 Å². The molecule has 2 aromatic rings. The molecule has 4 rings (SSSR count). The highest BCUT2D eigenvalue weighted by molar-refractivity contribution is 5.88. The minimum Gasteiger partial charge on any atom is -0.491 e. The van der Waals surface area contributed by atoms with Crippen LogP contribution in [0.2, 0.25) is 0 Å². The Labute approximate surface area is 182 Å². The molecule has 2 heterocycles. The lowest BCUT2D eigenvalue weighted by molar-refractivity contribution is -1.02. The average Bonchev–Trinajstić information content (AvgIpc) is 3.22. The van der Waals surface area contributed by atoms with Crippen LogP contribution >= 0.6 is 0 Å². The van der Waals surface area contributed by atoms with Crippen LogP contribution in [0.3, 0.4) is 0 Å². The van der Waals surface area contributed by atoms with Crippen LogP contribution < -0.4 is 29.3 Å². The average molecular weight is 430 g/mol. The van der Waals surface area contributed by atoms with Gasteiger partial charge in [-0.15, -0.1) is 0 Å². The maximum Gasteiger partial charge on any atom is 0.231 e. The Hall–Kier alpha value is -2.81. The van der Waals surface area contributed by atoms with Gasteiger partial charge in [0.15, 0.2) is 11.5 Å². The van der Waals surface area contributed by atoms with Gasteiger partial charge in [-0.2, -0.15) is 0 Å². The second kappa shape index (κ2) is 10.00. The first kappa shape index (κ1) is 21.4. The van der Waals surface area contributed by atoms with E-state index in [9.17, 15) is 9.90 Å². The van der Waals surface area contributed by atoms with Crippen LogP contribution in [-0.2, 0) is 11.3 Å². The van der Waals surface area contributed by atoms with Gasteiger partial charge >= 0.3 is 0 Å². The molecule has 8 heteroatoms. The summed E-state index contributed by atoms with van der Waals surface area (Å²) in [5, 5.41) is 13.1. The van der Waals surface area contributed by atoms with E-state index in [-0.39, 0.29) is 12.5 Å². The Kier molecular flexibility index (Phi) is 6.91. The molecule has 1 saturated heterocycles. The second-order valence-corrected chi connectivity index (χ2v) is 8.24. The molecule has 2 aliphatic heterocycles. The number of hydrogen-bond acceptors (Lipinski definition) is 5. The van der Waals surface area contributed by atoms with Crippen molar-refractivity contribution in [2.75, 3.05) is 51.4 Å². The Balaban J connectivity index is 1.16. The number of piperazine rings is 1. The summed E-state index contributed by atoms with van der Waals surface area (Å²) in [5.74, 6) is 2.24. The first-order valence-corrected chi connectivity index (χ1v) is 10.8. The zero-order valence-electron chi connectivity index (χ0n) is 17.9. The minimum absolute atomic E-state index is 0.107. The third-order valence-corrected chi connectivity index (χ3v) is 5.70. The fourth-order valence-electron chi connectivity index (χ4n) is 4.10. The normalized spacial score (nSPS) is 20.8. The fraction of sp³-hybridized carbons (Fsp3) is 0.435. The summed E-state index contributed by atoms with van der Waals surface area (Å²) < 4.78 is 16.6. The number of aliphatic hydroxyl groups is 1. The van der Waals surface area contributed by atoms with Crippen LogP contribution in [-0.4, -0.2) is 63.2 Å². The molecule has 1 atom stereocenters. The number of amides is 1. The number of anilines is 1. The highest BCUT2D eigenvalue weighted by Crippen LogP contribution is 2.32. The van der Waals surface area contributed by atoms with Crippen LogP contribution in [0.5, 0.6) is 17.2 Å². The number of hydrogen-bond donors (Lipinski definition) is 4. The largest absolute Gasteiger partial charge is 0.491 e. The van der Waals surface area contributed by atoms with Gasteiger partial charge < -0.3 is 34.4 Å². The SMILES string of the molecule is CC(=O)Nc1ccc(OC[C@@H](O)C[NH+]2CC[NH+](Cc3ccc4c(c3)OCO4)CC2)cc1. The topological polar surface area (TPSA) is 85.9 Å². The summed E-state index contributed by atoms with van der Waals surface area (Å²) in [4.78, 5) is 14.0. The molecule has 0 spiro atoms. The summed E-state index contributed by atoms with van der Waals surface area (Å²) in [7, 11) is 0. The third-order valence-electron chi connectivity index (χ3n) is 5.70. The van der Waals surface area contributed by atoms with E-state index in [1.54, 1.807) is 29.2 Å². The molecular formula is C23H31N3O5+2. The van der Waals surface area contributed by atoms with Crippen molar-refractivity contribution in [1.82, 2.24) is 0 Å². The lowest BCUT2D eigenvalue weighted by atomic mass is 10.1. The number of rotatable bonds is 8. The molecule has 31 heavy (non-hydrogen) atoms. The molecule has 166 valence electrons. The van der Waals surface area contributed by atoms with Crippen molar-refractivity contribution in [3.63, 3.8) is 0 Å². The summed E-state index contributed by atoms with van der Waals surface area (Å²) in [6.07, 6.45) is -0.513. The zero-order chi connectivity index (χ0) is 21.6. The third kappa shape index (κ3) is 6.10. The Morgan fingerprint density at radius 2 is 1.77 bits per heavy atom. The van der Waals surface area contributed by atoms with Crippen LogP contribution in [0.1, 0.15) is 12.5 Å². The van der Waals surface area contributed by atoms with Crippen LogP contribution in [0.4, 0.5) is 5.69 Å². The lowest BCUT2D eigenvalue weighted by Crippen LogP contribution is -3.28. The number of aliphatic hydroxyl groups excluding tert-OH is 1. The molecule has 0 unspecified atom stereocenters. The van der Waals surface area contributed by atoms with Gasteiger partial charge in [0.2, 0.25) is 12.7 Å². The van der Waals surface area contributed by atoms with Gasteiger partial charge in [0.05, 0.1) is 0 Å². The summed E-state index contributed by atoms with van der Waals surface area (Å²) in [6.45, 7) is 7.90. The molecule has 0 aromatic heterocycles. The van der Waals surface area contributed by atoms with E-state index in [1.165, 1.54) is 17.4 Å². The fourth-order valence-corrected chi connectivity index (χ4v) is 4.10. The standard InChI is InChI=1S/C23H29N3O5/c1-17(27)24-19-3-5-21(6-4-19)29-15-20(28)14-26-10-8-25(9-11-26)13-18-2-7-22-23(12-18)31-16-30-22/h2-7,12,20,28H,8-11,13-16H2,1H3,(H,24,27)/p+2/t20-/m0/s1. The molecule has 2 aromatic carbocycles. The molecule has 0 bridgehead atoms. The molecule has 0 saturated carbocycles. The summed E-state index contributed by atoms with van der Waals surface area (Å²) in [5.41, 5.74) is 1.99. The quantitative estimate of drug-likeness (QED) is 0.437. The predicted molar refractivity (Wildman–Crippen MR) is 115 cm³/mol. The highest BCUT2D eigenvalue weighted by atomic mass is 16.7. The monoisotopic (exact) mass is 429 g/mol. The molecule has 8 nitrogen and oxygen atoms in total. The Bertz CT molecular complexity index is 881. The molecule has 1 amide bonds. The van der Waals surface area contributed by atoms with Crippen LogP contribution in [0.15, 0.2) is 42.5 Å². The molecule has 4 N–H and O–H groups in total. The maximum absolute atomic E-state index is 11.1. The molecule has 0 radical (unpaired) electrons. The predicted octanol–water partition coefficient (Wildman–Crippen LogP) is -0.903. The van der Waals surface area contributed by atoms with Crippen molar-refractivity contribution in [1.29, 1.82) is 0 Å². The van der Waals surface area contributed by atoms with Crippen molar-refractivity contribution in [3.05, 3.63) is 48.0 Å². The van der Waals surface area contributed by atoms with Crippen LogP contribution in [0, 0.1) is 0 Å². The van der Waals surface area contributed by atoms with Gasteiger partial charge in [0.25, 0.3) is 0 Å². The van der Waals surface area contributed by atoms with Crippen LogP contribution in [0.25, 0.3) is 0 Å². The van der Waals surface area contributed by atoms with Gasteiger partial charge in [-0.05, 0) is 42.5 Å². The van der Waals surface area contributed by atoms with E-state index in [1.807, 2.05) is 6.07 Å². The Morgan fingerprint density at radius 1 is 1.06 bits per heavy atom. The van der Waals surface area contributed by atoms with Gasteiger partial charge in [-0.3, -0.25) is 4.79 Å². The number of ether oxygens (including phenoxy) is 3. The lowest BCUT2D eigenvalue weighted by Gasteiger charge is -2.30. The smallest absolute Gasteiger partial charge is 0.231 e. The van der Waals surface area contributed by atoms with Crippen molar-refractivity contribution in [2.45, 2.75) is 19.6 Å². The zero-order valence-corrected chi connectivity index (χ0v) is 17.9. The number of nitrogens with one attached hydrogen (secondary N) is 3. The first-order chi connectivity index (χ1) is 15.0. The van der Waals surface area contributed by atoms with Crippen molar-refractivity contribution in [2.24, 2.45) is 0 Å². The summed E-state index contributed by atoms with van der Waals surface area (Å²) in [6, 6.07) is 13.4. The van der Waals surface area contributed by atoms with Gasteiger partial charge in [0, 0.05) is 18.2 Å².